The van der Waals surface area contributed by atoms with Crippen LogP contribution in [0.1, 0.15) is 23.2 Å². The van der Waals surface area contributed by atoms with Crippen LogP contribution in [0.25, 0.3) is 0 Å². The van der Waals surface area contributed by atoms with Crippen molar-refractivity contribution in [1.82, 2.24) is 4.90 Å². The Kier molecular flexibility index (Phi) is 3.93. The minimum absolute atomic E-state index is 0.0241. The SMILES string of the molecule is O=C(Nc1ccc(C(=O)N2CCOCC2)cc1)[C@@H]1[C@@H]2C[C@@H]3[C@H]1C(=O)O[C@H]3C2. The number of nitrogens with zero attached hydrogens (tertiary/aromatic N) is 1. The summed E-state index contributed by atoms with van der Waals surface area (Å²) in [5, 5.41) is 2.93. The lowest BCUT2D eigenvalue weighted by atomic mass is 9.79. The van der Waals surface area contributed by atoms with Gasteiger partial charge < -0.3 is 19.7 Å². The normalized spacial score (nSPS) is 33.9. The standard InChI is InChI=1S/C20H22N2O5/c23-18(16-12-9-14-15(10-12)27-20(25)17(14)16)21-13-3-1-11(2-4-13)19(24)22-5-7-26-8-6-22/h1-4,12,14-17H,5-10H2,(H,21,23)/t12-,14+,15+,16-,17-/m1/s1. The summed E-state index contributed by atoms with van der Waals surface area (Å²) in [7, 11) is 0. The Hall–Kier alpha value is -2.41. The van der Waals surface area contributed by atoms with Gasteiger partial charge in [0.25, 0.3) is 5.91 Å². The molecule has 2 amide bonds. The number of fused-ring (bicyclic) bond motifs is 1. The van der Waals surface area contributed by atoms with E-state index in [2.05, 4.69) is 5.32 Å². The van der Waals surface area contributed by atoms with Crippen LogP contribution in [-0.2, 0) is 19.1 Å². The van der Waals surface area contributed by atoms with Gasteiger partial charge in [-0.2, -0.15) is 0 Å². The van der Waals surface area contributed by atoms with Gasteiger partial charge in [0.05, 0.1) is 25.0 Å². The van der Waals surface area contributed by atoms with Crippen LogP contribution in [0.5, 0.6) is 0 Å². The van der Waals surface area contributed by atoms with E-state index >= 15 is 0 Å². The molecule has 2 heterocycles. The number of hydrogen-bond acceptors (Lipinski definition) is 5. The van der Waals surface area contributed by atoms with Crippen molar-refractivity contribution in [2.24, 2.45) is 23.7 Å². The van der Waals surface area contributed by atoms with Crippen LogP contribution in [0.15, 0.2) is 24.3 Å². The Balaban J connectivity index is 1.25. The van der Waals surface area contributed by atoms with Crippen LogP contribution < -0.4 is 5.32 Å². The molecule has 0 aromatic heterocycles. The number of hydrogen-bond donors (Lipinski definition) is 1. The van der Waals surface area contributed by atoms with Gasteiger partial charge in [-0.3, -0.25) is 14.4 Å². The average Bonchev–Trinajstić information content (AvgIpc) is 3.31. The molecule has 142 valence electrons. The topological polar surface area (TPSA) is 84.9 Å². The van der Waals surface area contributed by atoms with E-state index in [1.807, 2.05) is 0 Å². The highest BCUT2D eigenvalue weighted by Crippen LogP contribution is 2.57. The van der Waals surface area contributed by atoms with Crippen LogP contribution in [-0.4, -0.2) is 55.1 Å². The maximum Gasteiger partial charge on any atom is 0.310 e. The highest BCUT2D eigenvalue weighted by atomic mass is 16.6. The third kappa shape index (κ3) is 2.72. The van der Waals surface area contributed by atoms with Gasteiger partial charge in [-0.25, -0.2) is 0 Å². The summed E-state index contributed by atoms with van der Waals surface area (Å²) in [5.74, 6) is -0.477. The summed E-state index contributed by atoms with van der Waals surface area (Å²) in [6.45, 7) is 2.32. The summed E-state index contributed by atoms with van der Waals surface area (Å²) in [4.78, 5) is 39.1. The molecule has 5 rings (SSSR count). The van der Waals surface area contributed by atoms with Crippen molar-refractivity contribution in [3.63, 3.8) is 0 Å². The second-order valence-electron chi connectivity index (χ2n) is 7.89. The van der Waals surface area contributed by atoms with Gasteiger partial charge in [-0.1, -0.05) is 0 Å². The second-order valence-corrected chi connectivity index (χ2v) is 7.89. The quantitative estimate of drug-likeness (QED) is 0.811. The first kappa shape index (κ1) is 16.7. The lowest BCUT2D eigenvalue weighted by Gasteiger charge is -2.27. The summed E-state index contributed by atoms with van der Waals surface area (Å²) in [5.41, 5.74) is 1.24. The van der Waals surface area contributed by atoms with E-state index in [4.69, 9.17) is 9.47 Å². The molecule has 5 atom stereocenters. The number of rotatable bonds is 3. The third-order valence-corrected chi connectivity index (χ3v) is 6.48. The van der Waals surface area contributed by atoms with E-state index in [1.165, 1.54) is 0 Å². The smallest absolute Gasteiger partial charge is 0.310 e. The Morgan fingerprint density at radius 1 is 1.07 bits per heavy atom. The van der Waals surface area contributed by atoms with Gasteiger partial charge in [-0.05, 0) is 43.0 Å². The van der Waals surface area contributed by atoms with Gasteiger partial charge in [0.2, 0.25) is 5.91 Å². The van der Waals surface area contributed by atoms with Crippen molar-refractivity contribution >= 4 is 23.5 Å². The molecule has 4 fully saturated rings. The largest absolute Gasteiger partial charge is 0.462 e. The molecule has 27 heavy (non-hydrogen) atoms. The van der Waals surface area contributed by atoms with Gasteiger partial charge in [-0.15, -0.1) is 0 Å². The zero-order valence-corrected chi connectivity index (χ0v) is 14.9. The maximum atomic E-state index is 12.8. The number of amides is 2. The molecule has 0 spiro atoms. The molecule has 0 radical (unpaired) electrons. The molecule has 7 nitrogen and oxygen atoms in total. The molecule has 1 aromatic rings. The summed E-state index contributed by atoms with van der Waals surface area (Å²) in [6.07, 6.45) is 1.74. The molecule has 1 aromatic carbocycles. The van der Waals surface area contributed by atoms with Crippen molar-refractivity contribution in [3.05, 3.63) is 29.8 Å². The van der Waals surface area contributed by atoms with Crippen molar-refractivity contribution < 1.29 is 23.9 Å². The predicted molar refractivity (Wildman–Crippen MR) is 94.9 cm³/mol. The number of carbonyl (C=O) groups excluding carboxylic acids is 3. The van der Waals surface area contributed by atoms with Gasteiger partial charge >= 0.3 is 5.97 Å². The number of carbonyl (C=O) groups is 3. The van der Waals surface area contributed by atoms with Crippen LogP contribution in [0.4, 0.5) is 5.69 Å². The number of nitrogens with one attached hydrogen (secondary N) is 1. The molecule has 1 N–H and O–H groups in total. The van der Waals surface area contributed by atoms with Crippen LogP contribution in [0.3, 0.4) is 0 Å². The zero-order chi connectivity index (χ0) is 18.5. The van der Waals surface area contributed by atoms with Crippen molar-refractivity contribution in [1.29, 1.82) is 0 Å². The molecular formula is C20H22N2O5. The lowest BCUT2D eigenvalue weighted by Crippen LogP contribution is -2.40. The molecule has 2 saturated carbocycles. The lowest BCUT2D eigenvalue weighted by molar-refractivity contribution is -0.145. The summed E-state index contributed by atoms with van der Waals surface area (Å²) in [6, 6.07) is 6.95. The van der Waals surface area contributed by atoms with E-state index < -0.39 is 0 Å². The van der Waals surface area contributed by atoms with Crippen molar-refractivity contribution in [3.8, 4) is 0 Å². The first-order valence-electron chi connectivity index (χ1n) is 9.60. The summed E-state index contributed by atoms with van der Waals surface area (Å²) >= 11 is 0. The van der Waals surface area contributed by atoms with Crippen LogP contribution >= 0.6 is 0 Å². The minimum Gasteiger partial charge on any atom is -0.462 e. The van der Waals surface area contributed by atoms with E-state index in [9.17, 15) is 14.4 Å². The van der Waals surface area contributed by atoms with E-state index in [1.54, 1.807) is 29.2 Å². The summed E-state index contributed by atoms with van der Waals surface area (Å²) < 4.78 is 10.7. The van der Waals surface area contributed by atoms with Crippen LogP contribution in [0.2, 0.25) is 0 Å². The fourth-order valence-electron chi connectivity index (χ4n) is 5.23. The number of benzene rings is 1. The molecule has 2 bridgehead atoms. The third-order valence-electron chi connectivity index (χ3n) is 6.48. The highest BCUT2D eigenvalue weighted by Gasteiger charge is 2.63. The first-order chi connectivity index (χ1) is 13.1. The van der Waals surface area contributed by atoms with Crippen molar-refractivity contribution in [2.45, 2.75) is 18.9 Å². The van der Waals surface area contributed by atoms with E-state index in [0.717, 1.165) is 12.8 Å². The fraction of sp³-hybridized carbons (Fsp3) is 0.550. The molecule has 2 aliphatic carbocycles. The van der Waals surface area contributed by atoms with E-state index in [0.29, 0.717) is 37.6 Å². The second kappa shape index (κ2) is 6.34. The highest BCUT2D eigenvalue weighted by molar-refractivity contribution is 5.98. The Morgan fingerprint density at radius 3 is 2.56 bits per heavy atom. The Labute approximate surface area is 157 Å². The Bertz CT molecular complexity index is 784. The molecular weight excluding hydrogens is 348 g/mol. The number of morpholine rings is 1. The number of anilines is 1. The number of ether oxygens (including phenoxy) is 2. The molecule has 4 aliphatic rings. The van der Waals surface area contributed by atoms with Crippen LogP contribution in [0, 0.1) is 23.7 Å². The van der Waals surface area contributed by atoms with Gasteiger partial charge in [0.15, 0.2) is 0 Å². The van der Waals surface area contributed by atoms with Crippen molar-refractivity contribution in [2.75, 3.05) is 31.6 Å². The molecule has 0 unspecified atom stereocenters. The van der Waals surface area contributed by atoms with E-state index in [-0.39, 0.29) is 47.6 Å². The Morgan fingerprint density at radius 2 is 1.81 bits per heavy atom. The first-order valence-corrected chi connectivity index (χ1v) is 9.60. The zero-order valence-electron chi connectivity index (χ0n) is 14.9. The van der Waals surface area contributed by atoms with Gasteiger partial charge in [0.1, 0.15) is 6.10 Å². The monoisotopic (exact) mass is 370 g/mol. The van der Waals surface area contributed by atoms with Gasteiger partial charge in [0, 0.05) is 30.3 Å². The molecule has 2 aliphatic heterocycles. The average molecular weight is 370 g/mol. The maximum absolute atomic E-state index is 12.8. The molecule has 2 saturated heterocycles. The molecule has 7 heteroatoms. The number of esters is 1. The minimum atomic E-state index is -0.295. The fourth-order valence-corrected chi connectivity index (χ4v) is 5.23. The predicted octanol–water partition coefficient (Wildman–Crippen LogP) is 1.30.